The van der Waals surface area contributed by atoms with Crippen LogP contribution >= 0.6 is 0 Å². The predicted molar refractivity (Wildman–Crippen MR) is 70.7 cm³/mol. The fraction of sp³-hybridized carbons (Fsp3) is 0.417. The summed E-state index contributed by atoms with van der Waals surface area (Å²) in [5, 5.41) is 14.7. The Kier molecular flexibility index (Phi) is 5.10. The van der Waals surface area contributed by atoms with Gasteiger partial charge in [-0.25, -0.2) is 0 Å². The highest BCUT2D eigenvalue weighted by atomic mass is 16.5. The molecule has 1 aromatic carbocycles. The first-order chi connectivity index (χ1) is 8.60. The molecule has 4 N–H and O–H groups in total. The van der Waals surface area contributed by atoms with Crippen molar-refractivity contribution in [2.24, 2.45) is 10.9 Å². The Morgan fingerprint density at radius 3 is 2.61 bits per heavy atom. The first kappa shape index (κ1) is 14.0. The number of benzene rings is 1. The molecular weight excluding hydrogens is 234 g/mol. The Hall–Kier alpha value is -2.11. The molecule has 6 nitrogen and oxygen atoms in total. The van der Waals surface area contributed by atoms with Crippen LogP contribution in [0.25, 0.3) is 0 Å². The summed E-state index contributed by atoms with van der Waals surface area (Å²) in [4.78, 5) is 0. The first-order valence-electron chi connectivity index (χ1n) is 5.55. The molecule has 0 radical (unpaired) electrons. The molecule has 1 atom stereocenters. The normalized spacial score (nSPS) is 12.9. The van der Waals surface area contributed by atoms with Gasteiger partial charge in [0.15, 0.2) is 11.5 Å². The molecule has 0 heterocycles. The van der Waals surface area contributed by atoms with Gasteiger partial charge >= 0.3 is 0 Å². The molecule has 1 aromatic rings. The molecule has 0 bridgehead atoms. The predicted octanol–water partition coefficient (Wildman–Crippen LogP) is 1.64. The van der Waals surface area contributed by atoms with E-state index in [9.17, 15) is 0 Å². The fourth-order valence-corrected chi connectivity index (χ4v) is 1.62. The van der Waals surface area contributed by atoms with Crippen LogP contribution in [0.2, 0.25) is 0 Å². The number of rotatable bonds is 6. The quantitative estimate of drug-likeness (QED) is 0.310. The number of anilines is 1. The molecule has 0 saturated carbocycles. The Labute approximate surface area is 106 Å². The summed E-state index contributed by atoms with van der Waals surface area (Å²) in [5.41, 5.74) is 6.33. The number of nitrogens with two attached hydrogens (primary N) is 1. The first-order valence-corrected chi connectivity index (χ1v) is 5.55. The van der Waals surface area contributed by atoms with E-state index >= 15 is 0 Å². The van der Waals surface area contributed by atoms with Gasteiger partial charge in [-0.15, -0.1) is 0 Å². The van der Waals surface area contributed by atoms with E-state index in [4.69, 9.17) is 20.4 Å². The van der Waals surface area contributed by atoms with Gasteiger partial charge in [0.05, 0.1) is 14.2 Å². The lowest BCUT2D eigenvalue weighted by atomic mass is 10.2. The van der Waals surface area contributed by atoms with E-state index in [0.717, 1.165) is 5.69 Å². The molecule has 0 spiro atoms. The zero-order valence-corrected chi connectivity index (χ0v) is 10.8. The number of hydrogen-bond donors (Lipinski definition) is 3. The summed E-state index contributed by atoms with van der Waals surface area (Å²) in [6, 6.07) is 5.57. The van der Waals surface area contributed by atoms with Crippen molar-refractivity contribution in [1.82, 2.24) is 0 Å². The molecule has 1 unspecified atom stereocenters. The van der Waals surface area contributed by atoms with Crippen molar-refractivity contribution >= 4 is 11.5 Å². The topological polar surface area (TPSA) is 89.1 Å². The maximum Gasteiger partial charge on any atom is 0.162 e. The minimum atomic E-state index is 0.0407. The van der Waals surface area contributed by atoms with Gasteiger partial charge in [0.25, 0.3) is 0 Å². The molecule has 1 rings (SSSR count). The Balaban J connectivity index is 2.73. The van der Waals surface area contributed by atoms with Gasteiger partial charge in [-0.3, -0.25) is 0 Å². The number of nitrogens with zero attached hydrogens (tertiary/aromatic N) is 1. The number of amidine groups is 1. The van der Waals surface area contributed by atoms with Crippen LogP contribution in [0.4, 0.5) is 5.69 Å². The van der Waals surface area contributed by atoms with Crippen molar-refractivity contribution in [2.75, 3.05) is 19.5 Å². The third kappa shape index (κ3) is 3.73. The Bertz CT molecular complexity index is 421. The van der Waals surface area contributed by atoms with Crippen LogP contribution in [-0.4, -0.2) is 31.3 Å². The molecule has 0 aliphatic heterocycles. The summed E-state index contributed by atoms with van der Waals surface area (Å²) in [6.45, 7) is 1.94. The van der Waals surface area contributed by atoms with Crippen molar-refractivity contribution in [3.05, 3.63) is 18.2 Å². The minimum absolute atomic E-state index is 0.0407. The van der Waals surface area contributed by atoms with Gasteiger partial charge in [0, 0.05) is 24.2 Å². The lowest BCUT2D eigenvalue weighted by molar-refractivity contribution is 0.316. The summed E-state index contributed by atoms with van der Waals surface area (Å²) in [7, 11) is 3.17. The van der Waals surface area contributed by atoms with E-state index in [1.165, 1.54) is 0 Å². The van der Waals surface area contributed by atoms with Gasteiger partial charge in [0.1, 0.15) is 5.84 Å². The third-order valence-corrected chi connectivity index (χ3v) is 2.44. The van der Waals surface area contributed by atoms with E-state index in [2.05, 4.69) is 10.5 Å². The van der Waals surface area contributed by atoms with E-state index in [1.54, 1.807) is 14.2 Å². The maximum absolute atomic E-state index is 8.50. The minimum Gasteiger partial charge on any atom is -0.493 e. The second-order valence-electron chi connectivity index (χ2n) is 3.91. The highest BCUT2D eigenvalue weighted by Crippen LogP contribution is 2.30. The molecular formula is C12H19N3O3. The van der Waals surface area contributed by atoms with Crippen LogP contribution in [0.3, 0.4) is 0 Å². The summed E-state index contributed by atoms with van der Waals surface area (Å²) >= 11 is 0. The van der Waals surface area contributed by atoms with E-state index in [-0.39, 0.29) is 11.9 Å². The maximum atomic E-state index is 8.50. The second kappa shape index (κ2) is 6.58. The molecule has 0 aromatic heterocycles. The van der Waals surface area contributed by atoms with E-state index in [1.807, 2.05) is 25.1 Å². The molecule has 0 saturated heterocycles. The molecule has 6 heteroatoms. The number of nitrogens with one attached hydrogen (secondary N) is 1. The number of methoxy groups -OCH3 is 2. The van der Waals surface area contributed by atoms with Gasteiger partial charge in [0.2, 0.25) is 0 Å². The van der Waals surface area contributed by atoms with Crippen LogP contribution in [-0.2, 0) is 0 Å². The van der Waals surface area contributed by atoms with Crippen LogP contribution in [0.15, 0.2) is 23.4 Å². The van der Waals surface area contributed by atoms with Crippen LogP contribution < -0.4 is 20.5 Å². The third-order valence-electron chi connectivity index (χ3n) is 2.44. The van der Waals surface area contributed by atoms with Gasteiger partial charge < -0.3 is 25.7 Å². The Morgan fingerprint density at radius 2 is 2.06 bits per heavy atom. The zero-order chi connectivity index (χ0) is 13.5. The lowest BCUT2D eigenvalue weighted by Crippen LogP contribution is -2.24. The SMILES string of the molecule is COc1ccc(NC(C)CC(N)=NO)cc1OC. The van der Waals surface area contributed by atoms with E-state index < -0.39 is 0 Å². The number of hydrogen-bond acceptors (Lipinski definition) is 5. The van der Waals surface area contributed by atoms with Crippen LogP contribution in [0.1, 0.15) is 13.3 Å². The summed E-state index contributed by atoms with van der Waals surface area (Å²) < 4.78 is 10.4. The average molecular weight is 253 g/mol. The summed E-state index contributed by atoms with van der Waals surface area (Å²) in [6.07, 6.45) is 0.449. The standard InChI is InChI=1S/C12H19N3O3/c1-8(6-12(13)15-16)14-9-4-5-10(17-2)11(7-9)18-3/h4-5,7-8,14,16H,6H2,1-3H3,(H2,13,15). The van der Waals surface area contributed by atoms with Gasteiger partial charge in [-0.2, -0.15) is 0 Å². The average Bonchev–Trinajstić information content (AvgIpc) is 2.38. The fourth-order valence-electron chi connectivity index (χ4n) is 1.62. The van der Waals surface area contributed by atoms with Gasteiger partial charge in [-0.05, 0) is 19.1 Å². The molecule has 18 heavy (non-hydrogen) atoms. The zero-order valence-electron chi connectivity index (χ0n) is 10.8. The highest BCUT2D eigenvalue weighted by molar-refractivity contribution is 5.80. The lowest BCUT2D eigenvalue weighted by Gasteiger charge is -2.16. The highest BCUT2D eigenvalue weighted by Gasteiger charge is 2.08. The van der Waals surface area contributed by atoms with Crippen molar-refractivity contribution in [1.29, 1.82) is 0 Å². The number of oxime groups is 1. The van der Waals surface area contributed by atoms with Crippen molar-refractivity contribution < 1.29 is 14.7 Å². The van der Waals surface area contributed by atoms with E-state index in [0.29, 0.717) is 17.9 Å². The molecule has 0 fully saturated rings. The second-order valence-corrected chi connectivity index (χ2v) is 3.91. The largest absolute Gasteiger partial charge is 0.493 e. The van der Waals surface area contributed by atoms with Crippen molar-refractivity contribution in [3.8, 4) is 11.5 Å². The van der Waals surface area contributed by atoms with Gasteiger partial charge in [-0.1, -0.05) is 5.16 Å². The van der Waals surface area contributed by atoms with Crippen LogP contribution in [0, 0.1) is 0 Å². The van der Waals surface area contributed by atoms with Crippen molar-refractivity contribution in [2.45, 2.75) is 19.4 Å². The molecule has 100 valence electrons. The monoisotopic (exact) mass is 253 g/mol. The molecule has 0 aliphatic rings. The molecule has 0 amide bonds. The Morgan fingerprint density at radius 1 is 1.39 bits per heavy atom. The smallest absolute Gasteiger partial charge is 0.162 e. The summed E-state index contributed by atoms with van der Waals surface area (Å²) in [5.74, 6) is 1.51. The molecule has 0 aliphatic carbocycles. The number of ether oxygens (including phenoxy) is 2. The van der Waals surface area contributed by atoms with Crippen molar-refractivity contribution in [3.63, 3.8) is 0 Å². The van der Waals surface area contributed by atoms with Crippen LogP contribution in [0.5, 0.6) is 11.5 Å².